The first-order chi connectivity index (χ1) is 14.1. The van der Waals surface area contributed by atoms with Gasteiger partial charge < -0.3 is 14.3 Å². The molecule has 0 spiro atoms. The van der Waals surface area contributed by atoms with Gasteiger partial charge in [-0.2, -0.15) is 0 Å². The van der Waals surface area contributed by atoms with Crippen LogP contribution >= 0.6 is 23.4 Å². The number of imidazole rings is 1. The molecule has 2 heterocycles. The topological polar surface area (TPSA) is 59.7 Å². The molecule has 0 radical (unpaired) electrons. The van der Waals surface area contributed by atoms with Crippen LogP contribution in [0.25, 0.3) is 0 Å². The van der Waals surface area contributed by atoms with Gasteiger partial charge in [-0.25, -0.2) is 4.98 Å². The fraction of sp³-hybridized carbons (Fsp3) is 0.190. The standard InChI is InChI=1S/C21H19ClN4O2S/c1-25-19-7-4-16(10-20(19)29-13-21(25)27)18(11-26-9-8-23-14-26)24-28-12-15-2-5-17(22)6-3-15/h2-10,14H,11-13H2,1H3/b24-18+. The molecule has 0 saturated carbocycles. The molecule has 0 saturated heterocycles. The van der Waals surface area contributed by atoms with Crippen molar-refractivity contribution in [3.05, 3.63) is 77.3 Å². The van der Waals surface area contributed by atoms with E-state index >= 15 is 0 Å². The number of oxime groups is 1. The number of hydrogen-bond acceptors (Lipinski definition) is 5. The Balaban J connectivity index is 1.58. The largest absolute Gasteiger partial charge is 0.391 e. The minimum absolute atomic E-state index is 0.105. The van der Waals surface area contributed by atoms with Crippen LogP contribution in [0.4, 0.5) is 5.69 Å². The zero-order chi connectivity index (χ0) is 20.2. The second-order valence-corrected chi connectivity index (χ2v) is 8.05. The highest BCUT2D eigenvalue weighted by Gasteiger charge is 2.22. The smallest absolute Gasteiger partial charge is 0.237 e. The zero-order valence-electron chi connectivity index (χ0n) is 15.8. The van der Waals surface area contributed by atoms with Crippen LogP contribution in [-0.2, 0) is 22.8 Å². The van der Waals surface area contributed by atoms with Crippen molar-refractivity contribution in [2.45, 2.75) is 18.0 Å². The minimum Gasteiger partial charge on any atom is -0.391 e. The lowest BCUT2D eigenvalue weighted by atomic mass is 10.1. The summed E-state index contributed by atoms with van der Waals surface area (Å²) in [6.07, 6.45) is 5.36. The number of carbonyl (C=O) groups excluding carboxylic acids is 1. The Hall–Kier alpha value is -2.77. The van der Waals surface area contributed by atoms with E-state index in [4.69, 9.17) is 16.4 Å². The van der Waals surface area contributed by atoms with Gasteiger partial charge in [-0.3, -0.25) is 4.79 Å². The molecule has 29 heavy (non-hydrogen) atoms. The molecule has 1 aliphatic heterocycles. The van der Waals surface area contributed by atoms with Gasteiger partial charge in [0, 0.05) is 34.9 Å². The van der Waals surface area contributed by atoms with Crippen LogP contribution < -0.4 is 4.90 Å². The number of amides is 1. The summed E-state index contributed by atoms with van der Waals surface area (Å²) in [5, 5.41) is 5.10. The predicted octanol–water partition coefficient (Wildman–Crippen LogP) is 4.23. The summed E-state index contributed by atoms with van der Waals surface area (Å²) in [6.45, 7) is 0.875. The number of thioether (sulfide) groups is 1. The van der Waals surface area contributed by atoms with Crippen LogP contribution in [0.2, 0.25) is 5.02 Å². The average molecular weight is 427 g/mol. The molecule has 8 heteroatoms. The van der Waals surface area contributed by atoms with E-state index in [9.17, 15) is 4.79 Å². The van der Waals surface area contributed by atoms with Crippen LogP contribution in [0.15, 0.2) is 71.2 Å². The van der Waals surface area contributed by atoms with Gasteiger partial charge in [-0.05, 0) is 29.8 Å². The van der Waals surface area contributed by atoms with E-state index in [0.29, 0.717) is 23.9 Å². The van der Waals surface area contributed by atoms with Crippen molar-refractivity contribution >= 4 is 40.7 Å². The van der Waals surface area contributed by atoms with Gasteiger partial charge in [-0.15, -0.1) is 11.8 Å². The maximum Gasteiger partial charge on any atom is 0.237 e. The third-order valence-corrected chi connectivity index (χ3v) is 5.87. The van der Waals surface area contributed by atoms with Crippen LogP contribution in [-0.4, -0.2) is 34.0 Å². The second-order valence-electron chi connectivity index (χ2n) is 6.60. The van der Waals surface area contributed by atoms with Crippen molar-refractivity contribution < 1.29 is 9.63 Å². The highest BCUT2D eigenvalue weighted by molar-refractivity contribution is 8.00. The predicted molar refractivity (Wildman–Crippen MR) is 116 cm³/mol. The van der Waals surface area contributed by atoms with Gasteiger partial charge in [0.2, 0.25) is 5.91 Å². The fourth-order valence-corrected chi connectivity index (χ4v) is 4.11. The Bertz CT molecular complexity index is 1040. The molecular formula is C21H19ClN4O2S. The summed E-state index contributed by atoms with van der Waals surface area (Å²) in [4.78, 5) is 24.4. The SMILES string of the molecule is CN1C(=O)CSc2cc(/C(Cn3ccnc3)=N/OCc3ccc(Cl)cc3)ccc21. The van der Waals surface area contributed by atoms with Crippen molar-refractivity contribution in [1.82, 2.24) is 9.55 Å². The number of benzene rings is 2. The Labute approximate surface area is 178 Å². The Morgan fingerprint density at radius 3 is 2.86 bits per heavy atom. The first-order valence-electron chi connectivity index (χ1n) is 9.03. The molecule has 148 valence electrons. The quantitative estimate of drug-likeness (QED) is 0.437. The molecule has 0 atom stereocenters. The molecule has 3 aromatic rings. The molecule has 6 nitrogen and oxygen atoms in total. The highest BCUT2D eigenvalue weighted by Crippen LogP contribution is 2.35. The highest BCUT2D eigenvalue weighted by atomic mass is 35.5. The van der Waals surface area contributed by atoms with Gasteiger partial charge in [0.15, 0.2) is 0 Å². The normalized spacial score (nSPS) is 14.1. The van der Waals surface area contributed by atoms with Gasteiger partial charge in [0.25, 0.3) is 0 Å². The maximum atomic E-state index is 11.9. The molecule has 1 aliphatic rings. The van der Waals surface area contributed by atoms with E-state index in [-0.39, 0.29) is 5.91 Å². The number of rotatable bonds is 6. The van der Waals surface area contributed by atoms with Gasteiger partial charge in [0.1, 0.15) is 12.3 Å². The molecule has 0 aliphatic carbocycles. The van der Waals surface area contributed by atoms with Crippen LogP contribution in [0.1, 0.15) is 11.1 Å². The summed E-state index contributed by atoms with van der Waals surface area (Å²) < 4.78 is 1.94. The Morgan fingerprint density at radius 2 is 2.10 bits per heavy atom. The first-order valence-corrected chi connectivity index (χ1v) is 10.4. The molecule has 0 unspecified atom stereocenters. The summed E-state index contributed by atoms with van der Waals surface area (Å²) >= 11 is 7.47. The third-order valence-electron chi connectivity index (χ3n) is 4.59. The number of halogens is 1. The van der Waals surface area contributed by atoms with Crippen LogP contribution in [0.3, 0.4) is 0 Å². The number of aromatic nitrogens is 2. The van der Waals surface area contributed by atoms with Crippen molar-refractivity contribution in [1.29, 1.82) is 0 Å². The van der Waals surface area contributed by atoms with E-state index in [2.05, 4.69) is 16.2 Å². The van der Waals surface area contributed by atoms with E-state index in [0.717, 1.165) is 27.4 Å². The molecule has 1 amide bonds. The minimum atomic E-state index is 0.105. The number of hydrogen-bond donors (Lipinski definition) is 0. The van der Waals surface area contributed by atoms with Crippen LogP contribution in [0, 0.1) is 0 Å². The van der Waals surface area contributed by atoms with Gasteiger partial charge in [-0.1, -0.05) is 35.0 Å². The molecule has 0 fully saturated rings. The van der Waals surface area contributed by atoms with Gasteiger partial charge in [0.05, 0.1) is 24.3 Å². The van der Waals surface area contributed by atoms with Crippen molar-refractivity contribution in [3.8, 4) is 0 Å². The Kier molecular flexibility index (Phi) is 5.87. The third kappa shape index (κ3) is 4.63. The summed E-state index contributed by atoms with van der Waals surface area (Å²) in [5.74, 6) is 0.544. The van der Waals surface area contributed by atoms with Gasteiger partial charge >= 0.3 is 0 Å². The summed E-state index contributed by atoms with van der Waals surface area (Å²) in [6, 6.07) is 13.5. The van der Waals surface area contributed by atoms with Crippen molar-refractivity contribution in [2.24, 2.45) is 5.16 Å². The second kappa shape index (κ2) is 8.71. The molecule has 0 N–H and O–H groups in total. The van der Waals surface area contributed by atoms with E-state index in [1.807, 2.05) is 47.2 Å². The number of nitrogens with zero attached hydrogens (tertiary/aromatic N) is 4. The molecule has 1 aromatic heterocycles. The van der Waals surface area contributed by atoms with Crippen molar-refractivity contribution in [3.63, 3.8) is 0 Å². The van der Waals surface area contributed by atoms with E-state index < -0.39 is 0 Å². The molecule has 0 bridgehead atoms. The Morgan fingerprint density at radius 1 is 1.28 bits per heavy atom. The number of fused-ring (bicyclic) bond motifs is 1. The lowest BCUT2D eigenvalue weighted by molar-refractivity contribution is -0.116. The average Bonchev–Trinajstić information content (AvgIpc) is 3.24. The maximum absolute atomic E-state index is 11.9. The number of anilines is 1. The lowest BCUT2D eigenvalue weighted by Gasteiger charge is -2.25. The fourth-order valence-electron chi connectivity index (χ4n) is 2.95. The summed E-state index contributed by atoms with van der Waals surface area (Å²) in [5.41, 5.74) is 3.63. The van der Waals surface area contributed by atoms with E-state index in [1.54, 1.807) is 36.2 Å². The molecule has 2 aromatic carbocycles. The number of carbonyl (C=O) groups is 1. The van der Waals surface area contributed by atoms with Crippen molar-refractivity contribution in [2.75, 3.05) is 17.7 Å². The molecule has 4 rings (SSSR count). The van der Waals surface area contributed by atoms with Crippen LogP contribution in [0.5, 0.6) is 0 Å². The first kappa shape index (κ1) is 19.5. The van der Waals surface area contributed by atoms with E-state index in [1.165, 1.54) is 0 Å². The monoisotopic (exact) mass is 426 g/mol. The zero-order valence-corrected chi connectivity index (χ0v) is 17.4. The molecular weight excluding hydrogens is 408 g/mol. The summed E-state index contributed by atoms with van der Waals surface area (Å²) in [7, 11) is 1.80. The lowest BCUT2D eigenvalue weighted by Crippen LogP contribution is -2.31.